The quantitative estimate of drug-likeness (QED) is 0.663. The van der Waals surface area contributed by atoms with Crippen molar-refractivity contribution in [3.8, 4) is 0 Å². The predicted octanol–water partition coefficient (Wildman–Crippen LogP) is 2.78. The first kappa shape index (κ1) is 14.8. The zero-order chi connectivity index (χ0) is 14.5. The van der Waals surface area contributed by atoms with Gasteiger partial charge in [-0.15, -0.1) is 0 Å². The molecular formula is C17H25N3S. The average molecular weight is 303 g/mol. The van der Waals surface area contributed by atoms with Gasteiger partial charge in [-0.25, -0.2) is 0 Å². The summed E-state index contributed by atoms with van der Waals surface area (Å²) in [6.07, 6.45) is 5.17. The molecule has 1 aliphatic carbocycles. The molecule has 114 valence electrons. The maximum Gasteiger partial charge on any atom is 0.191 e. The van der Waals surface area contributed by atoms with Crippen LogP contribution in [-0.4, -0.2) is 37.1 Å². The molecule has 4 heteroatoms. The number of guanidine groups is 1. The largest absolute Gasteiger partial charge is 0.356 e. The highest BCUT2D eigenvalue weighted by molar-refractivity contribution is 8.00. The van der Waals surface area contributed by atoms with Crippen LogP contribution >= 0.6 is 11.8 Å². The second kappa shape index (κ2) is 7.21. The molecule has 1 saturated heterocycles. The van der Waals surface area contributed by atoms with Crippen molar-refractivity contribution in [2.24, 2.45) is 4.99 Å². The molecule has 0 radical (unpaired) electrons. The number of thioether (sulfide) groups is 1. The van der Waals surface area contributed by atoms with E-state index in [1.807, 2.05) is 7.05 Å². The van der Waals surface area contributed by atoms with Crippen LogP contribution in [0.2, 0.25) is 0 Å². The summed E-state index contributed by atoms with van der Waals surface area (Å²) in [5.74, 6) is 2.89. The van der Waals surface area contributed by atoms with E-state index in [0.717, 1.165) is 24.3 Å². The number of hydrogen-bond donors (Lipinski definition) is 2. The highest BCUT2D eigenvalue weighted by Crippen LogP contribution is 2.32. The fourth-order valence-corrected chi connectivity index (χ4v) is 4.51. The number of rotatable bonds is 4. The topological polar surface area (TPSA) is 36.4 Å². The monoisotopic (exact) mass is 303 g/mol. The molecule has 0 aromatic heterocycles. The molecule has 3 rings (SSSR count). The van der Waals surface area contributed by atoms with Gasteiger partial charge in [0.1, 0.15) is 0 Å². The van der Waals surface area contributed by atoms with Crippen molar-refractivity contribution in [3.63, 3.8) is 0 Å². The molecule has 21 heavy (non-hydrogen) atoms. The molecule has 1 fully saturated rings. The first-order valence-corrected chi connectivity index (χ1v) is 9.05. The molecule has 2 aliphatic rings. The van der Waals surface area contributed by atoms with Crippen molar-refractivity contribution in [1.82, 2.24) is 10.6 Å². The van der Waals surface area contributed by atoms with E-state index < -0.39 is 0 Å². The minimum Gasteiger partial charge on any atom is -0.356 e. The highest BCUT2D eigenvalue weighted by Gasteiger charge is 2.22. The first-order chi connectivity index (χ1) is 10.4. The third kappa shape index (κ3) is 3.73. The van der Waals surface area contributed by atoms with Gasteiger partial charge in [0.05, 0.1) is 0 Å². The number of aliphatic imine (C=N–C) groups is 1. The molecule has 2 unspecified atom stereocenters. The fourth-order valence-electron chi connectivity index (χ4n) is 3.31. The second-order valence-corrected chi connectivity index (χ2v) is 7.31. The summed E-state index contributed by atoms with van der Waals surface area (Å²) in [4.78, 5) is 4.35. The minimum atomic E-state index is 0.626. The van der Waals surface area contributed by atoms with Crippen molar-refractivity contribution in [2.45, 2.75) is 36.9 Å². The lowest BCUT2D eigenvalue weighted by atomic mass is 10.0. The standard InChI is InChI=1S/C17H25N3S/c1-18-17(20-12-15-6-4-10-21-15)19-11-14-9-8-13-5-2-3-7-16(13)14/h2-3,5,7,14-15H,4,6,8-12H2,1H3,(H2,18,19,20). The Morgan fingerprint density at radius 3 is 2.90 bits per heavy atom. The van der Waals surface area contributed by atoms with Crippen LogP contribution in [0.3, 0.4) is 0 Å². The summed E-state index contributed by atoms with van der Waals surface area (Å²) < 4.78 is 0. The van der Waals surface area contributed by atoms with E-state index in [1.54, 1.807) is 0 Å². The normalized spacial score (nSPS) is 24.9. The van der Waals surface area contributed by atoms with Gasteiger partial charge >= 0.3 is 0 Å². The van der Waals surface area contributed by atoms with Gasteiger partial charge in [-0.3, -0.25) is 4.99 Å². The Labute approximate surface area is 132 Å². The summed E-state index contributed by atoms with van der Waals surface area (Å²) in [6, 6.07) is 8.84. The van der Waals surface area contributed by atoms with Crippen LogP contribution in [0.15, 0.2) is 29.3 Å². The Morgan fingerprint density at radius 1 is 1.24 bits per heavy atom. The molecule has 0 saturated carbocycles. The Balaban J connectivity index is 1.47. The lowest BCUT2D eigenvalue weighted by Gasteiger charge is -2.17. The van der Waals surface area contributed by atoms with Crippen LogP contribution in [0, 0.1) is 0 Å². The lowest BCUT2D eigenvalue weighted by Crippen LogP contribution is -2.41. The third-order valence-corrected chi connectivity index (χ3v) is 5.92. The smallest absolute Gasteiger partial charge is 0.191 e. The highest BCUT2D eigenvalue weighted by atomic mass is 32.2. The van der Waals surface area contributed by atoms with Gasteiger partial charge in [-0.05, 0) is 42.6 Å². The van der Waals surface area contributed by atoms with E-state index in [9.17, 15) is 0 Å². The number of benzene rings is 1. The second-order valence-electron chi connectivity index (χ2n) is 5.90. The predicted molar refractivity (Wildman–Crippen MR) is 92.3 cm³/mol. The first-order valence-electron chi connectivity index (χ1n) is 8.00. The fraction of sp³-hybridized carbons (Fsp3) is 0.588. The van der Waals surface area contributed by atoms with E-state index in [-0.39, 0.29) is 0 Å². The Kier molecular flexibility index (Phi) is 5.07. The van der Waals surface area contributed by atoms with E-state index in [2.05, 4.69) is 51.7 Å². The van der Waals surface area contributed by atoms with Crippen LogP contribution in [-0.2, 0) is 6.42 Å². The maximum atomic E-state index is 4.35. The summed E-state index contributed by atoms with van der Waals surface area (Å²) in [5, 5.41) is 7.74. The van der Waals surface area contributed by atoms with Gasteiger partial charge in [0, 0.05) is 31.3 Å². The van der Waals surface area contributed by atoms with Crippen LogP contribution < -0.4 is 10.6 Å². The van der Waals surface area contributed by atoms with Crippen LogP contribution in [0.5, 0.6) is 0 Å². The van der Waals surface area contributed by atoms with Crippen LogP contribution in [0.25, 0.3) is 0 Å². The molecule has 0 spiro atoms. The molecule has 1 aliphatic heterocycles. The Morgan fingerprint density at radius 2 is 2.10 bits per heavy atom. The zero-order valence-electron chi connectivity index (χ0n) is 12.8. The molecule has 0 bridgehead atoms. The van der Waals surface area contributed by atoms with Gasteiger partial charge < -0.3 is 10.6 Å². The van der Waals surface area contributed by atoms with E-state index in [1.165, 1.54) is 42.6 Å². The Hall–Kier alpha value is -1.16. The Bertz CT molecular complexity index is 495. The number of nitrogens with zero attached hydrogens (tertiary/aromatic N) is 1. The van der Waals surface area contributed by atoms with E-state index in [4.69, 9.17) is 0 Å². The molecule has 1 heterocycles. The number of aryl methyl sites for hydroxylation is 1. The molecular weight excluding hydrogens is 278 g/mol. The van der Waals surface area contributed by atoms with Gasteiger partial charge in [0.15, 0.2) is 5.96 Å². The van der Waals surface area contributed by atoms with Crippen molar-refractivity contribution in [2.75, 3.05) is 25.9 Å². The number of nitrogens with one attached hydrogen (secondary N) is 2. The summed E-state index contributed by atoms with van der Waals surface area (Å²) in [6.45, 7) is 2.01. The number of hydrogen-bond acceptors (Lipinski definition) is 2. The van der Waals surface area contributed by atoms with Gasteiger partial charge in [0.25, 0.3) is 0 Å². The molecule has 1 aromatic rings. The maximum absolute atomic E-state index is 4.35. The van der Waals surface area contributed by atoms with Crippen molar-refractivity contribution in [3.05, 3.63) is 35.4 Å². The van der Waals surface area contributed by atoms with Crippen LogP contribution in [0.1, 0.15) is 36.3 Å². The summed E-state index contributed by atoms with van der Waals surface area (Å²) in [7, 11) is 1.86. The molecule has 1 aromatic carbocycles. The molecule has 2 atom stereocenters. The van der Waals surface area contributed by atoms with Crippen molar-refractivity contribution < 1.29 is 0 Å². The van der Waals surface area contributed by atoms with E-state index >= 15 is 0 Å². The van der Waals surface area contributed by atoms with Crippen molar-refractivity contribution >= 4 is 17.7 Å². The summed E-state index contributed by atoms with van der Waals surface area (Å²) >= 11 is 2.08. The lowest BCUT2D eigenvalue weighted by molar-refractivity contribution is 0.638. The van der Waals surface area contributed by atoms with Gasteiger partial charge in [-0.2, -0.15) is 11.8 Å². The van der Waals surface area contributed by atoms with Gasteiger partial charge in [0.2, 0.25) is 0 Å². The SMILES string of the molecule is CN=C(NCC1CCCS1)NCC1CCc2ccccc21. The van der Waals surface area contributed by atoms with Gasteiger partial charge in [-0.1, -0.05) is 24.3 Å². The number of fused-ring (bicyclic) bond motifs is 1. The molecule has 3 nitrogen and oxygen atoms in total. The third-order valence-electron chi connectivity index (χ3n) is 4.52. The molecule has 0 amide bonds. The van der Waals surface area contributed by atoms with E-state index in [0.29, 0.717) is 5.92 Å². The zero-order valence-corrected chi connectivity index (χ0v) is 13.6. The molecule has 2 N–H and O–H groups in total. The van der Waals surface area contributed by atoms with Crippen LogP contribution in [0.4, 0.5) is 0 Å². The van der Waals surface area contributed by atoms with Crippen molar-refractivity contribution in [1.29, 1.82) is 0 Å². The average Bonchev–Trinajstić information content (AvgIpc) is 3.17. The minimum absolute atomic E-state index is 0.626. The summed E-state index contributed by atoms with van der Waals surface area (Å²) in [5.41, 5.74) is 3.04.